The Labute approximate surface area is 105 Å². The third-order valence-corrected chi connectivity index (χ3v) is 7.00. The monoisotopic (exact) mass is 340 g/mol. The zero-order valence-electron chi connectivity index (χ0n) is 8.38. The van der Waals surface area contributed by atoms with Gasteiger partial charge in [-0.15, -0.1) is 0 Å². The molecule has 0 radical (unpaired) electrons. The van der Waals surface area contributed by atoms with Crippen LogP contribution in [0.25, 0.3) is 0 Å². The Hall–Kier alpha value is -0.762. The number of benzene rings is 2. The summed E-state index contributed by atoms with van der Waals surface area (Å²) in [5.41, 5.74) is 0. The molecule has 4 heteroatoms. The first-order chi connectivity index (χ1) is 7.60. The zero-order chi connectivity index (χ0) is 11.6. The summed E-state index contributed by atoms with van der Waals surface area (Å²) in [6.07, 6.45) is 0. The molecule has 0 aliphatic carbocycles. The average Bonchev–Trinajstić information content (AvgIpc) is 2.31. The van der Waals surface area contributed by atoms with Crippen molar-refractivity contribution >= 4 is 38.5 Å². The van der Waals surface area contributed by atoms with Crippen LogP contribution in [0.3, 0.4) is 0 Å². The third-order valence-electron chi connectivity index (χ3n) is 2.28. The number of halogens is 1. The Bertz CT molecular complexity index is 522. The minimum atomic E-state index is -4.12. The molecule has 1 unspecified atom stereocenters. The van der Waals surface area contributed by atoms with E-state index in [0.29, 0.717) is 8.70 Å². The molecule has 0 bridgehead atoms. The minimum absolute atomic E-state index is 0.507. The SMILES string of the molecule is O=[As](O)(c1ccccc1)c1ccc(Br)cc1. The van der Waals surface area contributed by atoms with Crippen LogP contribution in [0.2, 0.25) is 0 Å². The van der Waals surface area contributed by atoms with Gasteiger partial charge in [0.05, 0.1) is 0 Å². The summed E-state index contributed by atoms with van der Waals surface area (Å²) >= 11 is -0.815. The summed E-state index contributed by atoms with van der Waals surface area (Å²) < 4.78 is 24.4. The first-order valence-corrected chi connectivity index (χ1v) is 9.03. The normalized spacial score (nSPS) is 14.4. The van der Waals surface area contributed by atoms with Crippen molar-refractivity contribution in [3.8, 4) is 0 Å². The second-order valence-corrected chi connectivity index (χ2v) is 8.89. The fraction of sp³-hybridized carbons (Fsp3) is 0. The van der Waals surface area contributed by atoms with Gasteiger partial charge in [0.15, 0.2) is 0 Å². The standard InChI is InChI=1S/C12H10AsBrO2/c14-12-8-6-11(7-9-12)13(15,16)10-4-2-1-3-5-10/h1-9H,(H,15,16). The van der Waals surface area contributed by atoms with Crippen molar-refractivity contribution in [2.24, 2.45) is 0 Å². The van der Waals surface area contributed by atoms with Gasteiger partial charge in [0.25, 0.3) is 0 Å². The molecule has 1 N–H and O–H groups in total. The Morgan fingerprint density at radius 1 is 0.875 bits per heavy atom. The molecule has 2 aromatic rings. The van der Waals surface area contributed by atoms with Crippen LogP contribution in [0.4, 0.5) is 0 Å². The molecule has 2 rings (SSSR count). The van der Waals surface area contributed by atoms with Gasteiger partial charge in [0.2, 0.25) is 0 Å². The van der Waals surface area contributed by atoms with Crippen molar-refractivity contribution in [2.45, 2.75) is 0 Å². The molecular weight excluding hydrogens is 331 g/mol. The van der Waals surface area contributed by atoms with Gasteiger partial charge in [0, 0.05) is 0 Å². The van der Waals surface area contributed by atoms with E-state index in [9.17, 15) is 7.84 Å². The van der Waals surface area contributed by atoms with E-state index in [-0.39, 0.29) is 0 Å². The van der Waals surface area contributed by atoms with Crippen LogP contribution < -0.4 is 8.70 Å². The number of rotatable bonds is 2. The molecule has 2 nitrogen and oxygen atoms in total. The molecule has 0 saturated heterocycles. The van der Waals surface area contributed by atoms with E-state index in [1.807, 2.05) is 6.07 Å². The van der Waals surface area contributed by atoms with Gasteiger partial charge in [0.1, 0.15) is 0 Å². The maximum absolute atomic E-state index is 12.3. The molecule has 0 saturated carbocycles. The van der Waals surface area contributed by atoms with E-state index in [1.165, 1.54) is 0 Å². The molecule has 82 valence electrons. The summed E-state index contributed by atoms with van der Waals surface area (Å²) in [5, 5.41) is 0. The molecule has 16 heavy (non-hydrogen) atoms. The molecule has 0 aliphatic rings. The van der Waals surface area contributed by atoms with E-state index < -0.39 is 13.8 Å². The summed E-state index contributed by atoms with van der Waals surface area (Å²) in [6, 6.07) is 15.7. The zero-order valence-corrected chi connectivity index (χ0v) is 11.8. The van der Waals surface area contributed by atoms with Gasteiger partial charge in [-0.25, -0.2) is 0 Å². The number of hydrogen-bond donors (Lipinski definition) is 1. The van der Waals surface area contributed by atoms with Crippen molar-refractivity contribution < 1.29 is 7.84 Å². The van der Waals surface area contributed by atoms with E-state index in [1.54, 1.807) is 48.5 Å². The molecule has 0 spiro atoms. The van der Waals surface area contributed by atoms with Crippen LogP contribution in [0.1, 0.15) is 0 Å². The van der Waals surface area contributed by atoms with Crippen LogP contribution in [0.5, 0.6) is 0 Å². The third kappa shape index (κ3) is 2.32. The first kappa shape index (κ1) is 11.7. The van der Waals surface area contributed by atoms with Crippen LogP contribution in [0.15, 0.2) is 59.1 Å². The summed E-state index contributed by atoms with van der Waals surface area (Å²) in [6.45, 7) is 0. The van der Waals surface area contributed by atoms with Gasteiger partial charge < -0.3 is 0 Å². The molecule has 1 atom stereocenters. The fourth-order valence-electron chi connectivity index (χ4n) is 1.42. The van der Waals surface area contributed by atoms with Gasteiger partial charge in [-0.05, 0) is 0 Å². The van der Waals surface area contributed by atoms with Gasteiger partial charge in [-0.3, -0.25) is 0 Å². The quantitative estimate of drug-likeness (QED) is 0.840. The Morgan fingerprint density at radius 2 is 1.38 bits per heavy atom. The van der Waals surface area contributed by atoms with Crippen LogP contribution in [-0.4, -0.2) is 17.9 Å². The predicted molar refractivity (Wildman–Crippen MR) is 68.5 cm³/mol. The van der Waals surface area contributed by atoms with Gasteiger partial charge >= 0.3 is 105 Å². The van der Waals surface area contributed by atoms with Crippen LogP contribution in [-0.2, 0) is 3.74 Å². The van der Waals surface area contributed by atoms with E-state index in [4.69, 9.17) is 0 Å². The van der Waals surface area contributed by atoms with Crippen molar-refractivity contribution in [1.82, 2.24) is 0 Å². The van der Waals surface area contributed by atoms with Crippen molar-refractivity contribution in [2.75, 3.05) is 0 Å². The van der Waals surface area contributed by atoms with Gasteiger partial charge in [-0.2, -0.15) is 0 Å². The Balaban J connectivity index is 2.47. The summed E-state index contributed by atoms with van der Waals surface area (Å²) in [5.74, 6) is 0. The topological polar surface area (TPSA) is 37.3 Å². The number of hydrogen-bond acceptors (Lipinski definition) is 1. The molecular formula is C12H10AsBrO2. The summed E-state index contributed by atoms with van der Waals surface area (Å²) in [4.78, 5) is 0. The molecule has 0 aromatic heterocycles. The van der Waals surface area contributed by atoms with E-state index in [2.05, 4.69) is 15.9 Å². The van der Waals surface area contributed by atoms with E-state index >= 15 is 0 Å². The average molecular weight is 341 g/mol. The molecule has 2 aromatic carbocycles. The Kier molecular flexibility index (Phi) is 3.38. The van der Waals surface area contributed by atoms with Crippen molar-refractivity contribution in [3.05, 3.63) is 59.1 Å². The van der Waals surface area contributed by atoms with Crippen LogP contribution >= 0.6 is 15.9 Å². The maximum atomic E-state index is 12.3. The van der Waals surface area contributed by atoms with Crippen molar-refractivity contribution in [3.63, 3.8) is 0 Å². The molecule has 0 fully saturated rings. The fourth-order valence-corrected chi connectivity index (χ4v) is 4.68. The van der Waals surface area contributed by atoms with E-state index in [0.717, 1.165) is 4.47 Å². The second-order valence-electron chi connectivity index (χ2n) is 3.39. The molecule has 0 heterocycles. The summed E-state index contributed by atoms with van der Waals surface area (Å²) in [7, 11) is 0. The second kappa shape index (κ2) is 4.62. The predicted octanol–water partition coefficient (Wildman–Crippen LogP) is 1.43. The first-order valence-electron chi connectivity index (χ1n) is 4.75. The molecule has 0 amide bonds. The van der Waals surface area contributed by atoms with Crippen molar-refractivity contribution in [1.29, 1.82) is 0 Å². The molecule has 0 aliphatic heterocycles. The van der Waals surface area contributed by atoms with Gasteiger partial charge in [-0.1, -0.05) is 0 Å². The Morgan fingerprint density at radius 3 is 1.94 bits per heavy atom. The van der Waals surface area contributed by atoms with Crippen LogP contribution in [0, 0.1) is 0 Å².